The molecule has 0 aromatic rings. The summed E-state index contributed by atoms with van der Waals surface area (Å²) in [6.07, 6.45) is 5.96. The Labute approximate surface area is 132 Å². The van der Waals surface area contributed by atoms with Crippen molar-refractivity contribution in [1.29, 1.82) is 0 Å². The Hall–Kier alpha value is -0.690. The predicted octanol–water partition coefficient (Wildman–Crippen LogP) is 1.26. The number of hydrogen-bond acceptors (Lipinski definition) is 4. The van der Waals surface area contributed by atoms with Crippen molar-refractivity contribution in [2.24, 2.45) is 11.1 Å². The van der Waals surface area contributed by atoms with Crippen LogP contribution in [0.2, 0.25) is 0 Å². The summed E-state index contributed by atoms with van der Waals surface area (Å²) < 4.78 is 23.2. The predicted molar refractivity (Wildman–Crippen MR) is 86.7 cm³/mol. The van der Waals surface area contributed by atoms with Crippen LogP contribution in [0.4, 0.5) is 0 Å². The van der Waals surface area contributed by atoms with E-state index in [1.807, 2.05) is 0 Å². The Balaban J connectivity index is 2.20. The molecular formula is C14H24N2O3S2. The van der Waals surface area contributed by atoms with Crippen molar-refractivity contribution < 1.29 is 13.2 Å². The lowest BCUT2D eigenvalue weighted by molar-refractivity contribution is -0.139. The lowest BCUT2D eigenvalue weighted by Gasteiger charge is -2.36. The van der Waals surface area contributed by atoms with Gasteiger partial charge in [-0.15, -0.1) is 0 Å². The minimum atomic E-state index is -3.01. The molecule has 0 aromatic carbocycles. The average molecular weight is 332 g/mol. The van der Waals surface area contributed by atoms with E-state index in [-0.39, 0.29) is 28.4 Å². The maximum Gasteiger partial charge on any atom is 0.235 e. The highest BCUT2D eigenvalue weighted by molar-refractivity contribution is 7.91. The number of rotatable bonds is 3. The molecule has 2 N–H and O–H groups in total. The summed E-state index contributed by atoms with van der Waals surface area (Å²) in [5.74, 6) is 0.136. The van der Waals surface area contributed by atoms with E-state index in [1.165, 1.54) is 0 Å². The van der Waals surface area contributed by atoms with Crippen LogP contribution in [-0.4, -0.2) is 48.8 Å². The molecule has 0 spiro atoms. The Morgan fingerprint density at radius 2 is 1.81 bits per heavy atom. The third kappa shape index (κ3) is 3.39. The fourth-order valence-corrected chi connectivity index (χ4v) is 5.55. The molecule has 2 fully saturated rings. The summed E-state index contributed by atoms with van der Waals surface area (Å²) in [6.45, 7) is 0. The maximum atomic E-state index is 13.0. The molecular weight excluding hydrogens is 308 g/mol. The summed E-state index contributed by atoms with van der Waals surface area (Å²) in [7, 11) is -1.32. The lowest BCUT2D eigenvalue weighted by Crippen LogP contribution is -2.52. The smallest absolute Gasteiger partial charge is 0.235 e. The van der Waals surface area contributed by atoms with E-state index in [9.17, 15) is 13.2 Å². The van der Waals surface area contributed by atoms with E-state index in [0.29, 0.717) is 19.3 Å². The first-order chi connectivity index (χ1) is 9.78. The summed E-state index contributed by atoms with van der Waals surface area (Å²) in [6, 6.07) is -0.239. The van der Waals surface area contributed by atoms with Crippen LogP contribution in [-0.2, 0) is 14.6 Å². The second-order valence-electron chi connectivity index (χ2n) is 6.33. The van der Waals surface area contributed by atoms with Gasteiger partial charge in [0.2, 0.25) is 5.91 Å². The second kappa shape index (κ2) is 6.20. The van der Waals surface area contributed by atoms with Gasteiger partial charge in [0, 0.05) is 13.1 Å². The molecule has 21 heavy (non-hydrogen) atoms. The van der Waals surface area contributed by atoms with Crippen LogP contribution in [0, 0.1) is 5.41 Å². The number of carbonyl (C=O) groups excluding carboxylic acids is 1. The Kier molecular flexibility index (Phi) is 4.92. The van der Waals surface area contributed by atoms with Gasteiger partial charge in [-0.1, -0.05) is 37.9 Å². The number of thiocarbonyl (C=S) groups is 1. The molecule has 0 bridgehead atoms. The van der Waals surface area contributed by atoms with Crippen LogP contribution in [0.15, 0.2) is 0 Å². The molecule has 2 rings (SSSR count). The zero-order valence-corrected chi connectivity index (χ0v) is 14.1. The summed E-state index contributed by atoms with van der Waals surface area (Å²) >= 11 is 5.22. The third-order valence-corrected chi connectivity index (χ3v) is 7.06. The van der Waals surface area contributed by atoms with Gasteiger partial charge in [-0.25, -0.2) is 8.42 Å². The van der Waals surface area contributed by atoms with E-state index in [1.54, 1.807) is 11.9 Å². The second-order valence-corrected chi connectivity index (χ2v) is 9.00. The molecule has 7 heteroatoms. The summed E-state index contributed by atoms with van der Waals surface area (Å²) in [4.78, 5) is 14.8. The van der Waals surface area contributed by atoms with Gasteiger partial charge < -0.3 is 10.6 Å². The van der Waals surface area contributed by atoms with Crippen molar-refractivity contribution in [3.05, 3.63) is 0 Å². The van der Waals surface area contributed by atoms with Gasteiger partial charge in [-0.2, -0.15) is 0 Å². The number of carbonyl (C=O) groups is 1. The van der Waals surface area contributed by atoms with Crippen molar-refractivity contribution in [3.63, 3.8) is 0 Å². The van der Waals surface area contributed by atoms with Gasteiger partial charge in [0.1, 0.15) is 0 Å². The third-order valence-electron chi connectivity index (χ3n) is 4.91. The highest BCUT2D eigenvalue weighted by Crippen LogP contribution is 2.38. The Morgan fingerprint density at radius 1 is 1.24 bits per heavy atom. The van der Waals surface area contributed by atoms with E-state index in [0.717, 1.165) is 25.7 Å². The van der Waals surface area contributed by atoms with E-state index in [2.05, 4.69) is 0 Å². The van der Waals surface area contributed by atoms with Crippen molar-refractivity contribution in [1.82, 2.24) is 4.90 Å². The van der Waals surface area contributed by atoms with Crippen LogP contribution in [0.5, 0.6) is 0 Å². The molecule has 1 aliphatic heterocycles. The van der Waals surface area contributed by atoms with E-state index in [4.69, 9.17) is 18.0 Å². The van der Waals surface area contributed by atoms with Crippen molar-refractivity contribution in [3.8, 4) is 0 Å². The number of nitrogens with zero attached hydrogens (tertiary/aromatic N) is 1. The van der Waals surface area contributed by atoms with Crippen LogP contribution < -0.4 is 5.73 Å². The highest BCUT2D eigenvalue weighted by Gasteiger charge is 2.45. The quantitative estimate of drug-likeness (QED) is 0.621. The molecule has 0 aromatic heterocycles. The number of hydrogen-bond donors (Lipinski definition) is 1. The van der Waals surface area contributed by atoms with Crippen molar-refractivity contribution >= 4 is 33.0 Å². The van der Waals surface area contributed by atoms with Gasteiger partial charge >= 0.3 is 0 Å². The van der Waals surface area contributed by atoms with Gasteiger partial charge in [-0.3, -0.25) is 4.79 Å². The average Bonchev–Trinajstić information content (AvgIpc) is 2.66. The fourth-order valence-electron chi connectivity index (χ4n) is 3.48. The lowest BCUT2D eigenvalue weighted by atomic mass is 9.78. The molecule has 1 amide bonds. The molecule has 1 aliphatic carbocycles. The minimum Gasteiger partial charge on any atom is -0.392 e. The Morgan fingerprint density at radius 3 is 2.24 bits per heavy atom. The van der Waals surface area contributed by atoms with Gasteiger partial charge in [-0.05, 0) is 19.3 Å². The SMILES string of the molecule is CN(C(=O)C1(C(N)=S)CCCCCC1)C1CCS(=O)(=O)C1. The maximum absolute atomic E-state index is 13.0. The monoisotopic (exact) mass is 332 g/mol. The van der Waals surface area contributed by atoms with Gasteiger partial charge in [0.15, 0.2) is 9.84 Å². The molecule has 0 radical (unpaired) electrons. The van der Waals surface area contributed by atoms with Gasteiger partial charge in [0.05, 0.1) is 21.9 Å². The molecule has 2 aliphatic rings. The molecule has 120 valence electrons. The molecule has 5 nitrogen and oxygen atoms in total. The van der Waals surface area contributed by atoms with Crippen LogP contribution in [0.25, 0.3) is 0 Å². The first kappa shape index (κ1) is 16.7. The van der Waals surface area contributed by atoms with Crippen molar-refractivity contribution in [2.75, 3.05) is 18.6 Å². The van der Waals surface area contributed by atoms with E-state index < -0.39 is 15.3 Å². The molecule has 1 saturated heterocycles. The number of sulfone groups is 1. The minimum absolute atomic E-state index is 0.0582. The van der Waals surface area contributed by atoms with Gasteiger partial charge in [0.25, 0.3) is 0 Å². The first-order valence-electron chi connectivity index (χ1n) is 7.56. The molecule has 1 atom stereocenters. The normalized spacial score (nSPS) is 27.8. The fraction of sp³-hybridized carbons (Fsp3) is 0.857. The van der Waals surface area contributed by atoms with Crippen LogP contribution in [0.3, 0.4) is 0 Å². The molecule has 1 heterocycles. The largest absolute Gasteiger partial charge is 0.392 e. The summed E-state index contributed by atoms with van der Waals surface area (Å²) in [5, 5.41) is 0. The number of amides is 1. The first-order valence-corrected chi connectivity index (χ1v) is 9.79. The van der Waals surface area contributed by atoms with Crippen molar-refractivity contribution in [2.45, 2.75) is 51.0 Å². The number of nitrogens with two attached hydrogens (primary N) is 1. The van der Waals surface area contributed by atoms with E-state index >= 15 is 0 Å². The standard InChI is InChI=1S/C14H24N2O3S2/c1-16(11-6-9-21(18,19)10-11)13(17)14(12(15)20)7-4-2-3-5-8-14/h11H,2-10H2,1H3,(H2,15,20). The topological polar surface area (TPSA) is 80.5 Å². The highest BCUT2D eigenvalue weighted by atomic mass is 32.2. The Bertz CT molecular complexity index is 522. The molecule has 1 saturated carbocycles. The molecule has 1 unspecified atom stereocenters. The van der Waals surface area contributed by atoms with Crippen LogP contribution in [0.1, 0.15) is 44.9 Å². The zero-order valence-electron chi connectivity index (χ0n) is 12.5. The van der Waals surface area contributed by atoms with Crippen LogP contribution >= 0.6 is 12.2 Å². The summed E-state index contributed by atoms with van der Waals surface area (Å²) in [5.41, 5.74) is 5.16. The zero-order chi connectivity index (χ0) is 15.7.